The number of benzene rings is 2. The highest BCUT2D eigenvalue weighted by Crippen LogP contribution is 2.34. The topological polar surface area (TPSA) is 177 Å². The number of halogens is 6. The number of aliphatic imine (C=N–C) groups is 1. The Balaban J connectivity index is 1.04. The van der Waals surface area contributed by atoms with Crippen molar-refractivity contribution in [2.75, 3.05) is 53.7 Å². The number of carbonyl (C=O) groups is 4. The lowest BCUT2D eigenvalue weighted by molar-refractivity contribution is -0.175. The maximum absolute atomic E-state index is 13.6. The van der Waals surface area contributed by atoms with Gasteiger partial charge < -0.3 is 44.4 Å². The fourth-order valence-electron chi connectivity index (χ4n) is 7.99. The lowest BCUT2D eigenvalue weighted by Crippen LogP contribution is -2.52. The van der Waals surface area contributed by atoms with Crippen LogP contribution in [-0.2, 0) is 28.5 Å². The van der Waals surface area contributed by atoms with E-state index < -0.39 is 80.9 Å². The van der Waals surface area contributed by atoms with E-state index in [1.165, 1.54) is 0 Å². The number of likely N-dealkylation sites (tertiary alicyclic amines) is 2. The number of aromatic amines is 1. The predicted molar refractivity (Wildman–Crippen MR) is 220 cm³/mol. The number of carbonyl (C=O) groups excluding carboxylic acids is 4. The minimum absolute atomic E-state index is 0.173. The van der Waals surface area contributed by atoms with Crippen LogP contribution in [0.2, 0.25) is 0 Å². The van der Waals surface area contributed by atoms with Crippen molar-refractivity contribution in [1.82, 2.24) is 30.4 Å². The molecule has 4 atom stereocenters. The Labute approximate surface area is 364 Å². The van der Waals surface area contributed by atoms with E-state index >= 15 is 0 Å². The van der Waals surface area contributed by atoms with Gasteiger partial charge in [0.2, 0.25) is 11.8 Å². The van der Waals surface area contributed by atoms with Crippen LogP contribution in [0.5, 0.6) is 0 Å². The molecule has 0 radical (unpaired) electrons. The number of imidazole rings is 1. The monoisotopic (exact) mass is 905 g/mol. The first-order valence-electron chi connectivity index (χ1n) is 20.6. The van der Waals surface area contributed by atoms with Crippen molar-refractivity contribution in [3.8, 4) is 22.4 Å². The molecule has 2 fully saturated rings. The van der Waals surface area contributed by atoms with Crippen LogP contribution in [-0.4, -0.2) is 134 Å². The molecule has 6 rings (SSSR count). The Morgan fingerprint density at radius 3 is 1.69 bits per heavy atom. The van der Waals surface area contributed by atoms with Crippen molar-refractivity contribution in [1.29, 1.82) is 0 Å². The van der Waals surface area contributed by atoms with Crippen molar-refractivity contribution in [2.45, 2.75) is 81.5 Å². The second-order valence-electron chi connectivity index (χ2n) is 15.5. The third kappa shape index (κ3) is 12.6. The zero-order chi connectivity index (χ0) is 46.0. The van der Waals surface area contributed by atoms with Crippen LogP contribution in [0.15, 0.2) is 65.9 Å². The molecule has 4 amide bonds. The fourth-order valence-corrected chi connectivity index (χ4v) is 7.99. The summed E-state index contributed by atoms with van der Waals surface area (Å²) in [5, 5.41) is 4.84. The summed E-state index contributed by atoms with van der Waals surface area (Å²) in [5.41, 5.74) is 6.10. The van der Waals surface area contributed by atoms with E-state index in [-0.39, 0.29) is 18.9 Å². The molecule has 3 aromatic rings. The molecule has 3 aliphatic rings. The average molecular weight is 906 g/mol. The average Bonchev–Trinajstić information content (AvgIpc) is 4.12. The zero-order valence-electron chi connectivity index (χ0n) is 35.1. The van der Waals surface area contributed by atoms with Crippen LogP contribution in [0.25, 0.3) is 28.0 Å². The maximum Gasteiger partial charge on any atom is 0.411 e. The number of ether oxygens (including phenoxy) is 4. The number of aromatic nitrogens is 2. The van der Waals surface area contributed by atoms with E-state index in [1.807, 2.05) is 48.5 Å². The SMILES string of the molecule is COC(=O)N[C@@H](CCOCC(F)(F)F)C(=O)N1CCC[C@H]1C1=NC=C(c2ccc(-c3ccc(-c4cnc([C@@H]5CCCN5C(=O)[C@H](CCOCC(F)(F)F)NC(=O)OC)[nH]4)cc3)cc2)C1. The molecule has 1 aromatic heterocycles. The summed E-state index contributed by atoms with van der Waals surface area (Å²) in [6.45, 7) is -3.00. The number of hydrogen-bond donors (Lipinski definition) is 3. The first kappa shape index (κ1) is 47.5. The van der Waals surface area contributed by atoms with E-state index in [9.17, 15) is 45.5 Å². The molecule has 64 heavy (non-hydrogen) atoms. The Morgan fingerprint density at radius 2 is 1.19 bits per heavy atom. The molecule has 346 valence electrons. The van der Waals surface area contributed by atoms with E-state index in [4.69, 9.17) is 4.74 Å². The highest BCUT2D eigenvalue weighted by molar-refractivity contribution is 6.03. The van der Waals surface area contributed by atoms with Crippen molar-refractivity contribution >= 4 is 35.3 Å². The van der Waals surface area contributed by atoms with Gasteiger partial charge in [0.15, 0.2) is 0 Å². The number of alkyl halides is 6. The summed E-state index contributed by atoms with van der Waals surface area (Å²) >= 11 is 0. The van der Waals surface area contributed by atoms with Gasteiger partial charge in [-0.3, -0.25) is 14.6 Å². The molecule has 0 unspecified atom stereocenters. The first-order chi connectivity index (χ1) is 30.5. The van der Waals surface area contributed by atoms with Gasteiger partial charge in [0.25, 0.3) is 0 Å². The minimum atomic E-state index is -4.53. The Hall–Kier alpha value is -5.96. The largest absolute Gasteiger partial charge is 0.453 e. The van der Waals surface area contributed by atoms with Crippen molar-refractivity contribution in [2.24, 2.45) is 4.99 Å². The van der Waals surface area contributed by atoms with Gasteiger partial charge in [-0.25, -0.2) is 14.6 Å². The van der Waals surface area contributed by atoms with E-state index in [1.54, 1.807) is 22.2 Å². The van der Waals surface area contributed by atoms with Gasteiger partial charge in [0, 0.05) is 57.5 Å². The zero-order valence-corrected chi connectivity index (χ0v) is 35.1. The molecule has 3 N–H and O–H groups in total. The molecule has 0 aliphatic carbocycles. The van der Waals surface area contributed by atoms with Gasteiger partial charge in [-0.15, -0.1) is 0 Å². The molecule has 0 saturated carbocycles. The fraction of sp³-hybridized carbons (Fsp3) is 0.488. The normalized spacial score (nSPS) is 18.6. The molecule has 0 spiro atoms. The number of rotatable bonds is 17. The van der Waals surface area contributed by atoms with Gasteiger partial charge in [0.05, 0.1) is 38.2 Å². The second kappa shape index (κ2) is 21.1. The molecule has 21 heteroatoms. The summed E-state index contributed by atoms with van der Waals surface area (Å²) < 4.78 is 94.2. The van der Waals surface area contributed by atoms with Crippen LogP contribution in [0.1, 0.15) is 62.4 Å². The number of methoxy groups -OCH3 is 2. The van der Waals surface area contributed by atoms with E-state index in [0.29, 0.717) is 56.7 Å². The molecule has 2 aromatic carbocycles. The van der Waals surface area contributed by atoms with Crippen molar-refractivity contribution < 1.29 is 64.5 Å². The summed E-state index contributed by atoms with van der Waals surface area (Å²) in [4.78, 5) is 66.9. The van der Waals surface area contributed by atoms with E-state index in [0.717, 1.165) is 47.8 Å². The van der Waals surface area contributed by atoms with Gasteiger partial charge in [-0.1, -0.05) is 48.5 Å². The van der Waals surface area contributed by atoms with Crippen LogP contribution < -0.4 is 10.6 Å². The number of amides is 4. The number of allylic oxidation sites excluding steroid dienone is 1. The third-order valence-electron chi connectivity index (χ3n) is 11.1. The molecule has 3 aliphatic heterocycles. The van der Waals surface area contributed by atoms with Crippen LogP contribution in [0.3, 0.4) is 0 Å². The second-order valence-corrected chi connectivity index (χ2v) is 15.5. The number of alkyl carbamates (subject to hydrolysis) is 2. The molecule has 0 bridgehead atoms. The number of hydrogen-bond acceptors (Lipinski definition) is 10. The van der Waals surface area contributed by atoms with Gasteiger partial charge in [0.1, 0.15) is 31.1 Å². The highest BCUT2D eigenvalue weighted by Gasteiger charge is 2.39. The van der Waals surface area contributed by atoms with Crippen LogP contribution >= 0.6 is 0 Å². The van der Waals surface area contributed by atoms with Gasteiger partial charge in [-0.2, -0.15) is 26.3 Å². The number of H-pyrrole nitrogens is 1. The highest BCUT2D eigenvalue weighted by atomic mass is 19.4. The Bertz CT molecular complexity index is 2160. The van der Waals surface area contributed by atoms with Crippen molar-refractivity contribution in [3.63, 3.8) is 0 Å². The third-order valence-corrected chi connectivity index (χ3v) is 11.1. The van der Waals surface area contributed by atoms with Crippen LogP contribution in [0, 0.1) is 0 Å². The minimum Gasteiger partial charge on any atom is -0.453 e. The Kier molecular flexibility index (Phi) is 15.7. The number of nitrogens with zero attached hydrogens (tertiary/aromatic N) is 4. The summed E-state index contributed by atoms with van der Waals surface area (Å²) in [7, 11) is 2.25. The summed E-state index contributed by atoms with van der Waals surface area (Å²) in [5.74, 6) is -0.412. The first-order valence-corrected chi connectivity index (χ1v) is 20.6. The lowest BCUT2D eigenvalue weighted by Gasteiger charge is -2.29. The molecular weight excluding hydrogens is 857 g/mol. The van der Waals surface area contributed by atoms with E-state index in [2.05, 4.69) is 39.8 Å². The molecule has 4 heterocycles. The van der Waals surface area contributed by atoms with Gasteiger partial charge >= 0.3 is 24.5 Å². The summed E-state index contributed by atoms with van der Waals surface area (Å²) in [6.07, 6.45) is -4.73. The molecule has 2 saturated heterocycles. The Morgan fingerprint density at radius 1 is 0.719 bits per heavy atom. The van der Waals surface area contributed by atoms with Gasteiger partial charge in [-0.05, 0) is 53.5 Å². The lowest BCUT2D eigenvalue weighted by atomic mass is 9.96. The standard InChI is InChI=1S/C43H49F6N7O8/c1-61-40(59)53-31(15-19-63-24-42(44,45)46)38(57)55-17-3-5-35(55)33-21-30(22-50-33)28-9-7-26(8-10-28)27-11-13-29(14-12-27)34-23-51-37(52-34)36-6-4-18-56(36)39(58)32(54-41(60)62-2)16-20-64-25-43(47,48)49/h7-14,22-23,31-32,35-36H,3-6,15-21,24-25H2,1-2H3,(H,51,52)(H,53,59)(H,54,60)/t31-,32-,35-,36-/m0/s1. The summed E-state index contributed by atoms with van der Waals surface area (Å²) in [6, 6.07) is 12.6. The predicted octanol–water partition coefficient (Wildman–Crippen LogP) is 6.97. The van der Waals surface area contributed by atoms with Crippen molar-refractivity contribution in [3.05, 3.63) is 72.3 Å². The number of nitrogens with one attached hydrogen (secondary N) is 3. The smallest absolute Gasteiger partial charge is 0.411 e. The molecular formula is C43H49F6N7O8. The molecule has 15 nitrogen and oxygen atoms in total. The van der Waals surface area contributed by atoms with Crippen LogP contribution in [0.4, 0.5) is 35.9 Å². The maximum atomic E-state index is 13.6. The quantitative estimate of drug-likeness (QED) is 0.0954.